The Kier molecular flexibility index (Phi) is 5.70. The standard InChI is InChI=1S/C16H32N4/c1-14(2)19-15(17)18-13-16(9-5-3-6-10-16)20-11-7-4-8-12-20/h14H,3-13H2,1-2H3,(H3,17,18,19). The number of piperidine rings is 1. The van der Waals surface area contributed by atoms with Gasteiger partial charge < -0.3 is 11.1 Å². The molecule has 3 N–H and O–H groups in total. The summed E-state index contributed by atoms with van der Waals surface area (Å²) in [7, 11) is 0. The van der Waals surface area contributed by atoms with Crippen LogP contribution in [0.5, 0.6) is 0 Å². The largest absolute Gasteiger partial charge is 0.370 e. The third-order valence-corrected chi connectivity index (χ3v) is 4.79. The Morgan fingerprint density at radius 3 is 2.30 bits per heavy atom. The van der Waals surface area contributed by atoms with Crippen molar-refractivity contribution in [3.05, 3.63) is 0 Å². The maximum absolute atomic E-state index is 6.00. The normalized spacial score (nSPS) is 24.9. The van der Waals surface area contributed by atoms with Crippen molar-refractivity contribution < 1.29 is 0 Å². The zero-order valence-corrected chi connectivity index (χ0v) is 13.3. The summed E-state index contributed by atoms with van der Waals surface area (Å²) < 4.78 is 0. The molecule has 1 saturated carbocycles. The van der Waals surface area contributed by atoms with Gasteiger partial charge in [0, 0.05) is 11.6 Å². The van der Waals surface area contributed by atoms with Crippen LogP contribution >= 0.6 is 0 Å². The molecule has 2 fully saturated rings. The van der Waals surface area contributed by atoms with Crippen molar-refractivity contribution in [2.75, 3.05) is 19.6 Å². The Balaban J connectivity index is 2.02. The van der Waals surface area contributed by atoms with Crippen molar-refractivity contribution in [2.24, 2.45) is 10.7 Å². The van der Waals surface area contributed by atoms with E-state index in [9.17, 15) is 0 Å². The smallest absolute Gasteiger partial charge is 0.188 e. The van der Waals surface area contributed by atoms with Crippen LogP contribution in [0.25, 0.3) is 0 Å². The van der Waals surface area contributed by atoms with Crippen molar-refractivity contribution in [2.45, 2.75) is 76.8 Å². The number of nitrogens with one attached hydrogen (secondary N) is 1. The molecule has 1 aliphatic heterocycles. The summed E-state index contributed by atoms with van der Waals surface area (Å²) in [5.74, 6) is 0.613. The van der Waals surface area contributed by atoms with Crippen LogP contribution in [-0.4, -0.2) is 42.1 Å². The van der Waals surface area contributed by atoms with E-state index < -0.39 is 0 Å². The average molecular weight is 280 g/mol. The van der Waals surface area contributed by atoms with Gasteiger partial charge in [-0.05, 0) is 52.6 Å². The Hall–Kier alpha value is -0.770. The van der Waals surface area contributed by atoms with Gasteiger partial charge in [-0.3, -0.25) is 9.89 Å². The first-order valence-electron chi connectivity index (χ1n) is 8.44. The van der Waals surface area contributed by atoms with Crippen molar-refractivity contribution in [3.8, 4) is 0 Å². The van der Waals surface area contributed by atoms with E-state index in [1.165, 1.54) is 64.5 Å². The van der Waals surface area contributed by atoms with Gasteiger partial charge >= 0.3 is 0 Å². The topological polar surface area (TPSA) is 53.6 Å². The second kappa shape index (κ2) is 7.30. The van der Waals surface area contributed by atoms with Gasteiger partial charge in [0.15, 0.2) is 5.96 Å². The van der Waals surface area contributed by atoms with E-state index in [2.05, 4.69) is 29.1 Å². The third-order valence-electron chi connectivity index (χ3n) is 4.79. The van der Waals surface area contributed by atoms with Crippen LogP contribution in [0.3, 0.4) is 0 Å². The summed E-state index contributed by atoms with van der Waals surface area (Å²) >= 11 is 0. The van der Waals surface area contributed by atoms with Gasteiger partial charge in [-0.1, -0.05) is 25.7 Å². The number of aliphatic imine (C=N–C) groups is 1. The fraction of sp³-hybridized carbons (Fsp3) is 0.938. The van der Waals surface area contributed by atoms with Crippen LogP contribution in [0, 0.1) is 0 Å². The van der Waals surface area contributed by atoms with Gasteiger partial charge in [0.2, 0.25) is 0 Å². The monoisotopic (exact) mass is 280 g/mol. The molecule has 20 heavy (non-hydrogen) atoms. The molecule has 0 atom stereocenters. The Labute approximate surface area is 124 Å². The maximum Gasteiger partial charge on any atom is 0.188 e. The highest BCUT2D eigenvalue weighted by molar-refractivity contribution is 5.78. The van der Waals surface area contributed by atoms with Gasteiger partial charge in [0.25, 0.3) is 0 Å². The van der Waals surface area contributed by atoms with Crippen molar-refractivity contribution in [1.29, 1.82) is 0 Å². The van der Waals surface area contributed by atoms with Crippen LogP contribution in [0.15, 0.2) is 4.99 Å². The van der Waals surface area contributed by atoms with E-state index in [1.54, 1.807) is 0 Å². The second-order valence-electron chi connectivity index (χ2n) is 6.83. The Morgan fingerprint density at radius 1 is 1.10 bits per heavy atom. The van der Waals surface area contributed by atoms with E-state index in [4.69, 9.17) is 5.73 Å². The molecular formula is C16H32N4. The summed E-state index contributed by atoms with van der Waals surface area (Å²) in [5, 5.41) is 3.21. The van der Waals surface area contributed by atoms with E-state index in [0.717, 1.165) is 6.54 Å². The number of guanidine groups is 1. The van der Waals surface area contributed by atoms with Crippen LogP contribution in [0.4, 0.5) is 0 Å². The summed E-state index contributed by atoms with van der Waals surface area (Å²) in [6.07, 6.45) is 10.8. The summed E-state index contributed by atoms with van der Waals surface area (Å²) in [4.78, 5) is 7.40. The van der Waals surface area contributed by atoms with E-state index in [1.807, 2.05) is 0 Å². The third kappa shape index (κ3) is 4.11. The van der Waals surface area contributed by atoms with E-state index in [0.29, 0.717) is 17.5 Å². The van der Waals surface area contributed by atoms with Crippen LogP contribution < -0.4 is 11.1 Å². The quantitative estimate of drug-likeness (QED) is 0.614. The van der Waals surface area contributed by atoms with Gasteiger partial charge in [-0.15, -0.1) is 0 Å². The van der Waals surface area contributed by atoms with Crippen molar-refractivity contribution in [3.63, 3.8) is 0 Å². The van der Waals surface area contributed by atoms with Gasteiger partial charge in [-0.2, -0.15) is 0 Å². The Morgan fingerprint density at radius 2 is 1.70 bits per heavy atom. The zero-order valence-electron chi connectivity index (χ0n) is 13.3. The van der Waals surface area contributed by atoms with Crippen molar-refractivity contribution in [1.82, 2.24) is 10.2 Å². The van der Waals surface area contributed by atoms with E-state index in [-0.39, 0.29) is 0 Å². The molecule has 0 unspecified atom stereocenters. The van der Waals surface area contributed by atoms with Crippen LogP contribution in [0.2, 0.25) is 0 Å². The molecule has 0 amide bonds. The fourth-order valence-electron chi connectivity index (χ4n) is 3.73. The number of rotatable bonds is 4. The Bertz CT molecular complexity index is 312. The molecule has 0 bridgehead atoms. The summed E-state index contributed by atoms with van der Waals surface area (Å²) in [5.41, 5.74) is 6.29. The lowest BCUT2D eigenvalue weighted by molar-refractivity contribution is 0.0407. The first-order valence-corrected chi connectivity index (χ1v) is 8.44. The molecule has 1 saturated heterocycles. The molecule has 1 heterocycles. The summed E-state index contributed by atoms with van der Waals surface area (Å²) in [6.45, 7) is 7.59. The maximum atomic E-state index is 6.00. The van der Waals surface area contributed by atoms with Crippen molar-refractivity contribution >= 4 is 5.96 Å². The molecule has 4 nitrogen and oxygen atoms in total. The average Bonchev–Trinajstić information content (AvgIpc) is 2.46. The minimum Gasteiger partial charge on any atom is -0.370 e. The zero-order chi connectivity index (χ0) is 14.4. The molecule has 0 aromatic rings. The first-order chi connectivity index (χ1) is 9.62. The van der Waals surface area contributed by atoms with E-state index >= 15 is 0 Å². The number of hydrogen-bond donors (Lipinski definition) is 2. The predicted octanol–water partition coefficient (Wildman–Crippen LogP) is 2.49. The van der Waals surface area contributed by atoms with Gasteiger partial charge in [0.05, 0.1) is 6.54 Å². The molecular weight excluding hydrogens is 248 g/mol. The highest BCUT2D eigenvalue weighted by Gasteiger charge is 2.38. The lowest BCUT2D eigenvalue weighted by Gasteiger charge is -2.47. The highest BCUT2D eigenvalue weighted by atomic mass is 15.2. The molecule has 0 spiro atoms. The first kappa shape index (κ1) is 15.6. The molecule has 4 heteroatoms. The van der Waals surface area contributed by atoms with Crippen LogP contribution in [-0.2, 0) is 0 Å². The molecule has 0 aromatic heterocycles. The molecule has 2 aliphatic rings. The minimum absolute atomic E-state index is 0.294. The predicted molar refractivity (Wildman–Crippen MR) is 86.0 cm³/mol. The number of likely N-dealkylation sites (tertiary alicyclic amines) is 1. The molecule has 1 aliphatic carbocycles. The second-order valence-corrected chi connectivity index (χ2v) is 6.83. The van der Waals surface area contributed by atoms with Crippen LogP contribution in [0.1, 0.15) is 65.2 Å². The fourth-order valence-corrected chi connectivity index (χ4v) is 3.73. The molecule has 0 radical (unpaired) electrons. The number of nitrogens with two attached hydrogens (primary N) is 1. The SMILES string of the molecule is CC(C)NC(N)=NCC1(N2CCCCC2)CCCCC1. The van der Waals surface area contributed by atoms with Gasteiger partial charge in [0.1, 0.15) is 0 Å². The minimum atomic E-state index is 0.294. The molecule has 116 valence electrons. The molecule has 0 aromatic carbocycles. The highest BCUT2D eigenvalue weighted by Crippen LogP contribution is 2.35. The number of hydrogen-bond acceptors (Lipinski definition) is 2. The van der Waals surface area contributed by atoms with Gasteiger partial charge in [-0.25, -0.2) is 0 Å². The summed E-state index contributed by atoms with van der Waals surface area (Å²) in [6, 6.07) is 0.357. The lowest BCUT2D eigenvalue weighted by atomic mass is 9.79. The lowest BCUT2D eigenvalue weighted by Crippen LogP contribution is -2.54. The number of nitrogens with zero attached hydrogens (tertiary/aromatic N) is 2. The molecule has 2 rings (SSSR count).